The van der Waals surface area contributed by atoms with Crippen LogP contribution in [-0.4, -0.2) is 55.8 Å². The minimum atomic E-state index is -0.0565. The number of rotatable bonds is 3. The van der Waals surface area contributed by atoms with Crippen LogP contribution in [0.3, 0.4) is 0 Å². The van der Waals surface area contributed by atoms with Crippen LogP contribution in [0.1, 0.15) is 20.8 Å². The van der Waals surface area contributed by atoms with Crippen molar-refractivity contribution in [2.24, 2.45) is 0 Å². The smallest absolute Gasteiger partial charge is 0.156 e. The molecule has 0 radical (unpaired) electrons. The number of H-pyrrole nitrogens is 1. The second-order valence-corrected chi connectivity index (χ2v) is 9.67. The molecular formula is C26H27N7O. The van der Waals surface area contributed by atoms with Gasteiger partial charge in [0, 0.05) is 42.1 Å². The summed E-state index contributed by atoms with van der Waals surface area (Å²) in [6.45, 7) is 9.76. The zero-order valence-electron chi connectivity index (χ0n) is 19.6. The van der Waals surface area contributed by atoms with Gasteiger partial charge in [-0.25, -0.2) is 15.0 Å². The summed E-state index contributed by atoms with van der Waals surface area (Å²) in [4.78, 5) is 24.3. The number of hydrogen-bond acceptors (Lipinski definition) is 6. The molecule has 0 bridgehead atoms. The molecule has 34 heavy (non-hydrogen) atoms. The average Bonchev–Trinajstić information content (AvgIpc) is 3.48. The van der Waals surface area contributed by atoms with Gasteiger partial charge < -0.3 is 19.2 Å². The normalized spacial score (nSPS) is 14.9. The minimum absolute atomic E-state index is 0.0565. The van der Waals surface area contributed by atoms with Crippen molar-refractivity contribution in [2.75, 3.05) is 31.2 Å². The van der Waals surface area contributed by atoms with Crippen molar-refractivity contribution >= 4 is 27.9 Å². The Morgan fingerprint density at radius 2 is 1.82 bits per heavy atom. The highest BCUT2D eigenvalue weighted by Gasteiger charge is 2.18. The molecule has 6 rings (SSSR count). The number of benzene rings is 1. The third kappa shape index (κ3) is 3.60. The van der Waals surface area contributed by atoms with Crippen molar-refractivity contribution < 1.29 is 4.74 Å². The van der Waals surface area contributed by atoms with E-state index in [0.29, 0.717) is 0 Å². The largest absolute Gasteiger partial charge is 0.378 e. The molecule has 1 aliphatic rings. The fourth-order valence-corrected chi connectivity index (χ4v) is 4.52. The van der Waals surface area contributed by atoms with Crippen LogP contribution in [0.4, 0.5) is 5.69 Å². The Bertz CT molecular complexity index is 1490. The number of morpholine rings is 1. The molecule has 0 unspecified atom stereocenters. The van der Waals surface area contributed by atoms with Crippen LogP contribution in [0.2, 0.25) is 0 Å². The van der Waals surface area contributed by atoms with E-state index in [1.165, 1.54) is 0 Å². The van der Waals surface area contributed by atoms with Crippen molar-refractivity contribution in [1.82, 2.24) is 29.5 Å². The molecule has 172 valence electrons. The fraction of sp³-hybridized carbons (Fsp3) is 0.308. The lowest BCUT2D eigenvalue weighted by molar-refractivity contribution is 0.122. The lowest BCUT2D eigenvalue weighted by Gasteiger charge is -2.28. The number of hydrogen-bond donors (Lipinski definition) is 1. The second kappa shape index (κ2) is 7.92. The van der Waals surface area contributed by atoms with E-state index in [4.69, 9.17) is 9.72 Å². The molecular weight excluding hydrogens is 426 g/mol. The Morgan fingerprint density at radius 1 is 0.971 bits per heavy atom. The van der Waals surface area contributed by atoms with Crippen LogP contribution >= 0.6 is 0 Å². The fourth-order valence-electron chi connectivity index (χ4n) is 4.52. The van der Waals surface area contributed by atoms with Crippen LogP contribution in [0.25, 0.3) is 44.6 Å². The van der Waals surface area contributed by atoms with Gasteiger partial charge >= 0.3 is 0 Å². The molecule has 1 aromatic carbocycles. The maximum atomic E-state index is 5.48. The topological polar surface area (TPSA) is 84.8 Å². The highest BCUT2D eigenvalue weighted by atomic mass is 16.5. The molecule has 5 aromatic rings. The standard InChI is InChI=1S/C26H27N7O/c1-26(2,3)33-16-30-21-5-4-17(11-23(21)33)20-14-28-25-24(20)31-22(15-29-25)18-10-19(13-27-12-18)32-6-8-34-9-7-32/h4-5,10-16H,6-9H2,1-3H3,(H,28,29). The third-order valence-corrected chi connectivity index (χ3v) is 6.36. The molecule has 0 amide bonds. The van der Waals surface area contributed by atoms with Gasteiger partial charge in [0.05, 0.1) is 54.3 Å². The number of aromatic nitrogens is 6. The Kier molecular flexibility index (Phi) is 4.84. The molecule has 1 saturated heterocycles. The van der Waals surface area contributed by atoms with E-state index in [2.05, 4.69) is 74.4 Å². The Labute approximate surface area is 197 Å². The van der Waals surface area contributed by atoms with E-state index in [1.54, 1.807) is 6.20 Å². The average molecular weight is 454 g/mol. The van der Waals surface area contributed by atoms with Crippen molar-refractivity contribution in [3.05, 3.63) is 55.4 Å². The van der Waals surface area contributed by atoms with E-state index >= 15 is 0 Å². The first kappa shape index (κ1) is 20.8. The highest BCUT2D eigenvalue weighted by Crippen LogP contribution is 2.32. The Hall–Kier alpha value is -3.78. The number of fused-ring (bicyclic) bond motifs is 2. The first-order valence-corrected chi connectivity index (χ1v) is 11.6. The zero-order valence-corrected chi connectivity index (χ0v) is 19.6. The Morgan fingerprint density at radius 3 is 2.65 bits per heavy atom. The zero-order chi connectivity index (χ0) is 23.3. The second-order valence-electron chi connectivity index (χ2n) is 9.67. The Balaban J connectivity index is 1.42. The predicted octanol–water partition coefficient (Wildman–Crippen LogP) is 4.63. The van der Waals surface area contributed by atoms with Gasteiger partial charge in [-0.15, -0.1) is 0 Å². The maximum Gasteiger partial charge on any atom is 0.156 e. The molecule has 0 saturated carbocycles. The predicted molar refractivity (Wildman–Crippen MR) is 134 cm³/mol. The SMILES string of the molecule is CC(C)(C)n1cnc2ccc(-c3c[nH]c4ncc(-c5cncc(N6CCOCC6)c5)nc34)cc21. The molecule has 1 N–H and O–H groups in total. The van der Waals surface area contributed by atoms with Crippen LogP contribution in [0.5, 0.6) is 0 Å². The lowest BCUT2D eigenvalue weighted by atomic mass is 10.1. The summed E-state index contributed by atoms with van der Waals surface area (Å²) >= 11 is 0. The number of imidazole rings is 1. The van der Waals surface area contributed by atoms with Gasteiger partial charge in [-0.05, 0) is 44.5 Å². The molecule has 5 heterocycles. The van der Waals surface area contributed by atoms with Gasteiger partial charge in [-0.1, -0.05) is 6.07 Å². The molecule has 8 heteroatoms. The van der Waals surface area contributed by atoms with Crippen molar-refractivity contribution in [1.29, 1.82) is 0 Å². The first-order valence-electron chi connectivity index (χ1n) is 11.6. The molecule has 1 fully saturated rings. The first-order chi connectivity index (χ1) is 16.5. The number of aromatic amines is 1. The van der Waals surface area contributed by atoms with E-state index in [1.807, 2.05) is 24.9 Å². The lowest BCUT2D eigenvalue weighted by Crippen LogP contribution is -2.36. The maximum absolute atomic E-state index is 5.48. The molecule has 1 aliphatic heterocycles. The van der Waals surface area contributed by atoms with Crippen molar-refractivity contribution in [3.8, 4) is 22.4 Å². The monoisotopic (exact) mass is 453 g/mol. The van der Waals surface area contributed by atoms with Crippen LogP contribution in [0, 0.1) is 0 Å². The van der Waals surface area contributed by atoms with Crippen LogP contribution in [0.15, 0.2) is 55.4 Å². The number of ether oxygens (including phenoxy) is 1. The van der Waals surface area contributed by atoms with Gasteiger partial charge in [-0.2, -0.15) is 0 Å². The van der Waals surface area contributed by atoms with E-state index in [-0.39, 0.29) is 5.54 Å². The molecule has 8 nitrogen and oxygen atoms in total. The number of nitrogens with one attached hydrogen (secondary N) is 1. The van der Waals surface area contributed by atoms with Gasteiger partial charge in [0.15, 0.2) is 5.65 Å². The van der Waals surface area contributed by atoms with Gasteiger partial charge in [0.25, 0.3) is 0 Å². The van der Waals surface area contributed by atoms with Crippen molar-refractivity contribution in [2.45, 2.75) is 26.3 Å². The molecule has 0 spiro atoms. The molecule has 4 aromatic heterocycles. The summed E-state index contributed by atoms with van der Waals surface area (Å²) in [6, 6.07) is 8.48. The summed E-state index contributed by atoms with van der Waals surface area (Å²) in [5.41, 5.74) is 8.57. The quantitative estimate of drug-likeness (QED) is 0.429. The van der Waals surface area contributed by atoms with Crippen molar-refractivity contribution in [3.63, 3.8) is 0 Å². The number of pyridine rings is 1. The van der Waals surface area contributed by atoms with Gasteiger partial charge in [0.1, 0.15) is 5.52 Å². The van der Waals surface area contributed by atoms with E-state index < -0.39 is 0 Å². The highest BCUT2D eigenvalue weighted by molar-refractivity contribution is 5.94. The van der Waals surface area contributed by atoms with Gasteiger partial charge in [-0.3, -0.25) is 4.98 Å². The van der Waals surface area contributed by atoms with E-state index in [9.17, 15) is 0 Å². The van der Waals surface area contributed by atoms with Crippen LogP contribution < -0.4 is 4.90 Å². The summed E-state index contributed by atoms with van der Waals surface area (Å²) in [6.07, 6.45) is 9.45. The summed E-state index contributed by atoms with van der Waals surface area (Å²) in [7, 11) is 0. The third-order valence-electron chi connectivity index (χ3n) is 6.36. The molecule has 0 atom stereocenters. The minimum Gasteiger partial charge on any atom is -0.378 e. The number of anilines is 1. The van der Waals surface area contributed by atoms with Crippen LogP contribution in [-0.2, 0) is 10.3 Å². The number of nitrogens with zero attached hydrogens (tertiary/aromatic N) is 6. The summed E-state index contributed by atoms with van der Waals surface area (Å²) in [5.74, 6) is 0. The van der Waals surface area contributed by atoms with E-state index in [0.717, 1.165) is 76.6 Å². The summed E-state index contributed by atoms with van der Waals surface area (Å²) in [5, 5.41) is 0. The molecule has 0 aliphatic carbocycles. The van der Waals surface area contributed by atoms with Gasteiger partial charge in [0.2, 0.25) is 0 Å². The summed E-state index contributed by atoms with van der Waals surface area (Å²) < 4.78 is 7.69.